The Morgan fingerprint density at radius 2 is 1.80 bits per heavy atom. The summed E-state index contributed by atoms with van der Waals surface area (Å²) in [5.41, 5.74) is 5.34. The van der Waals surface area contributed by atoms with Gasteiger partial charge in [-0.3, -0.25) is 4.79 Å². The van der Waals surface area contributed by atoms with Crippen LogP contribution in [0.3, 0.4) is 0 Å². The molecule has 0 aliphatic rings. The van der Waals surface area contributed by atoms with Gasteiger partial charge in [-0.15, -0.1) is 0 Å². The molecule has 0 aliphatic carbocycles. The van der Waals surface area contributed by atoms with Crippen molar-refractivity contribution in [2.75, 3.05) is 7.11 Å². The summed E-state index contributed by atoms with van der Waals surface area (Å²) in [7, 11) is 1.57. The Bertz CT molecular complexity index is 1010. The number of hydrogen-bond acceptors (Lipinski definition) is 4. The number of ether oxygens (including phenoxy) is 2. The summed E-state index contributed by atoms with van der Waals surface area (Å²) >= 11 is 6.17. The number of methoxy groups -OCH3 is 1. The van der Waals surface area contributed by atoms with Gasteiger partial charge in [0.05, 0.1) is 13.3 Å². The van der Waals surface area contributed by atoms with Gasteiger partial charge in [-0.2, -0.15) is 5.10 Å². The number of benzene rings is 3. The smallest absolute Gasteiger partial charge is 0.240 e. The van der Waals surface area contributed by atoms with Crippen LogP contribution in [-0.2, 0) is 17.8 Å². The lowest BCUT2D eigenvalue weighted by Crippen LogP contribution is -2.17. The first-order chi connectivity index (χ1) is 14.7. The lowest BCUT2D eigenvalue weighted by Gasteiger charge is -2.12. The van der Waals surface area contributed by atoms with Gasteiger partial charge in [-0.25, -0.2) is 5.43 Å². The summed E-state index contributed by atoms with van der Waals surface area (Å²) in [6, 6.07) is 22.8. The van der Waals surface area contributed by atoms with Crippen molar-refractivity contribution in [3.8, 4) is 11.5 Å². The van der Waals surface area contributed by atoms with E-state index in [0.717, 1.165) is 16.7 Å². The van der Waals surface area contributed by atoms with Crippen LogP contribution >= 0.6 is 11.6 Å². The summed E-state index contributed by atoms with van der Waals surface area (Å²) in [5, 5.41) is 4.68. The minimum Gasteiger partial charge on any atom is -0.493 e. The lowest BCUT2D eigenvalue weighted by molar-refractivity contribution is -0.121. The van der Waals surface area contributed by atoms with Crippen molar-refractivity contribution >= 4 is 23.7 Å². The van der Waals surface area contributed by atoms with Gasteiger partial charge in [0.15, 0.2) is 11.5 Å². The van der Waals surface area contributed by atoms with Crippen LogP contribution in [-0.4, -0.2) is 19.2 Å². The highest BCUT2D eigenvalue weighted by Crippen LogP contribution is 2.29. The molecule has 0 bridgehead atoms. The molecule has 0 saturated carbocycles. The summed E-state index contributed by atoms with van der Waals surface area (Å²) in [4.78, 5) is 12.0. The van der Waals surface area contributed by atoms with Crippen molar-refractivity contribution in [3.05, 3.63) is 94.5 Å². The lowest BCUT2D eigenvalue weighted by atomic mass is 10.1. The van der Waals surface area contributed by atoms with E-state index < -0.39 is 0 Å². The molecule has 0 atom stereocenters. The fourth-order valence-electron chi connectivity index (χ4n) is 2.79. The van der Waals surface area contributed by atoms with E-state index in [1.807, 2.05) is 60.7 Å². The minimum absolute atomic E-state index is 0.137. The van der Waals surface area contributed by atoms with E-state index in [9.17, 15) is 4.79 Å². The molecule has 0 heterocycles. The predicted octanol–water partition coefficient (Wildman–Crippen LogP) is 5.01. The van der Waals surface area contributed by atoms with Crippen LogP contribution in [0.25, 0.3) is 0 Å². The van der Waals surface area contributed by atoms with E-state index >= 15 is 0 Å². The summed E-state index contributed by atoms with van der Waals surface area (Å²) < 4.78 is 11.3. The number of halogens is 1. The fraction of sp³-hybridized carbons (Fsp3) is 0.167. The molecule has 0 saturated heterocycles. The van der Waals surface area contributed by atoms with E-state index in [2.05, 4.69) is 10.5 Å². The van der Waals surface area contributed by atoms with Crippen LogP contribution in [0.1, 0.15) is 23.1 Å². The summed E-state index contributed by atoms with van der Waals surface area (Å²) in [5.74, 6) is 1.03. The van der Waals surface area contributed by atoms with Crippen LogP contribution in [0.2, 0.25) is 5.02 Å². The van der Waals surface area contributed by atoms with E-state index in [1.165, 1.54) is 0 Å². The quantitative estimate of drug-likeness (QED) is 0.389. The van der Waals surface area contributed by atoms with E-state index in [1.54, 1.807) is 25.5 Å². The molecule has 0 aromatic heterocycles. The van der Waals surface area contributed by atoms with Gasteiger partial charge in [-0.1, -0.05) is 60.1 Å². The molecule has 5 nitrogen and oxygen atoms in total. The first-order valence-electron chi connectivity index (χ1n) is 9.56. The minimum atomic E-state index is -0.137. The zero-order valence-corrected chi connectivity index (χ0v) is 17.4. The van der Waals surface area contributed by atoms with Gasteiger partial charge in [0.2, 0.25) is 5.91 Å². The average Bonchev–Trinajstić information content (AvgIpc) is 2.78. The molecule has 3 aromatic rings. The van der Waals surface area contributed by atoms with Crippen LogP contribution in [0.5, 0.6) is 11.5 Å². The first kappa shape index (κ1) is 21.4. The van der Waals surface area contributed by atoms with E-state index in [-0.39, 0.29) is 5.91 Å². The molecular formula is C24H23ClN2O3. The molecular weight excluding hydrogens is 400 g/mol. The second-order valence-electron chi connectivity index (χ2n) is 6.57. The highest BCUT2D eigenvalue weighted by atomic mass is 35.5. The third kappa shape index (κ3) is 6.36. The molecule has 3 rings (SSSR count). The average molecular weight is 423 g/mol. The van der Waals surface area contributed by atoms with Crippen LogP contribution in [0.4, 0.5) is 0 Å². The number of aryl methyl sites for hydroxylation is 1. The van der Waals surface area contributed by atoms with Gasteiger partial charge in [0, 0.05) is 17.0 Å². The Hall–Kier alpha value is -3.31. The monoisotopic (exact) mass is 422 g/mol. The van der Waals surface area contributed by atoms with Crippen molar-refractivity contribution in [2.24, 2.45) is 5.10 Å². The zero-order chi connectivity index (χ0) is 21.2. The number of nitrogens with one attached hydrogen (secondary N) is 1. The number of carbonyl (C=O) groups is 1. The van der Waals surface area contributed by atoms with Crippen molar-refractivity contribution in [2.45, 2.75) is 19.4 Å². The van der Waals surface area contributed by atoms with Crippen molar-refractivity contribution in [3.63, 3.8) is 0 Å². The van der Waals surface area contributed by atoms with Crippen molar-refractivity contribution in [1.29, 1.82) is 0 Å². The third-order valence-electron chi connectivity index (χ3n) is 4.42. The van der Waals surface area contributed by atoms with E-state index in [4.69, 9.17) is 21.1 Å². The van der Waals surface area contributed by atoms with Gasteiger partial charge < -0.3 is 9.47 Å². The van der Waals surface area contributed by atoms with Gasteiger partial charge in [-0.05, 0) is 41.8 Å². The number of rotatable bonds is 9. The highest BCUT2D eigenvalue weighted by Gasteiger charge is 2.07. The SMILES string of the molecule is COc1cc(/C=N\NC(=O)CCc2ccccc2)ccc1OCc1ccccc1Cl. The molecule has 0 spiro atoms. The van der Waals surface area contributed by atoms with Crippen LogP contribution in [0.15, 0.2) is 77.9 Å². The maximum Gasteiger partial charge on any atom is 0.240 e. The fourth-order valence-corrected chi connectivity index (χ4v) is 2.98. The predicted molar refractivity (Wildman–Crippen MR) is 119 cm³/mol. The Balaban J connectivity index is 1.53. The number of nitrogens with zero attached hydrogens (tertiary/aromatic N) is 1. The molecule has 0 aliphatic heterocycles. The Morgan fingerprint density at radius 3 is 2.57 bits per heavy atom. The maximum atomic E-state index is 12.0. The topological polar surface area (TPSA) is 59.9 Å². The van der Waals surface area contributed by atoms with Crippen LogP contribution < -0.4 is 14.9 Å². The molecule has 1 amide bonds. The van der Waals surface area contributed by atoms with Crippen molar-refractivity contribution < 1.29 is 14.3 Å². The first-order valence-corrected chi connectivity index (χ1v) is 9.93. The molecule has 154 valence electrons. The largest absolute Gasteiger partial charge is 0.493 e. The molecule has 3 aromatic carbocycles. The van der Waals surface area contributed by atoms with Gasteiger partial charge in [0.25, 0.3) is 0 Å². The second kappa shape index (κ2) is 11.0. The summed E-state index contributed by atoms with van der Waals surface area (Å²) in [6.07, 6.45) is 2.62. The second-order valence-corrected chi connectivity index (χ2v) is 6.98. The van der Waals surface area contributed by atoms with Gasteiger partial charge in [0.1, 0.15) is 6.61 Å². The maximum absolute atomic E-state index is 12.0. The Kier molecular flexibility index (Phi) is 7.86. The molecule has 0 fully saturated rings. The van der Waals surface area contributed by atoms with Crippen molar-refractivity contribution in [1.82, 2.24) is 5.43 Å². The molecule has 0 radical (unpaired) electrons. The number of hydrazone groups is 1. The highest BCUT2D eigenvalue weighted by molar-refractivity contribution is 6.31. The third-order valence-corrected chi connectivity index (χ3v) is 4.78. The molecule has 0 unspecified atom stereocenters. The molecule has 1 N–H and O–H groups in total. The molecule has 6 heteroatoms. The number of hydrogen-bond donors (Lipinski definition) is 1. The van der Waals surface area contributed by atoms with Crippen LogP contribution in [0, 0.1) is 0 Å². The zero-order valence-electron chi connectivity index (χ0n) is 16.7. The number of amides is 1. The normalized spacial score (nSPS) is 10.7. The Morgan fingerprint density at radius 1 is 1.03 bits per heavy atom. The summed E-state index contributed by atoms with van der Waals surface area (Å²) in [6.45, 7) is 0.334. The molecule has 30 heavy (non-hydrogen) atoms. The number of carbonyl (C=O) groups excluding carboxylic acids is 1. The Labute approximate surface area is 181 Å². The van der Waals surface area contributed by atoms with Gasteiger partial charge >= 0.3 is 0 Å². The standard InChI is InChI=1S/C24H23ClN2O3/c1-29-23-15-19(11-13-22(23)30-17-20-9-5-6-10-21(20)25)16-26-27-24(28)14-12-18-7-3-2-4-8-18/h2-11,13,15-16H,12,14,17H2,1H3,(H,27,28)/b26-16-. The van der Waals surface area contributed by atoms with E-state index in [0.29, 0.717) is 36.0 Å².